The van der Waals surface area contributed by atoms with Crippen molar-refractivity contribution in [3.63, 3.8) is 0 Å². The Morgan fingerprint density at radius 2 is 1.09 bits per heavy atom. The Labute approximate surface area is 337 Å². The van der Waals surface area contributed by atoms with Crippen LogP contribution < -0.4 is 9.47 Å². The fourth-order valence-corrected chi connectivity index (χ4v) is 10.1. The van der Waals surface area contributed by atoms with Gasteiger partial charge < -0.3 is 18.9 Å². The maximum atomic E-state index is 12.6. The molecule has 4 fully saturated rings. The van der Waals surface area contributed by atoms with E-state index in [-0.39, 0.29) is 18.0 Å². The largest absolute Gasteiger partial charge is 0.494 e. The molecule has 4 bridgehead atoms. The molecular weight excluding hydrogens is 697 g/mol. The van der Waals surface area contributed by atoms with E-state index < -0.39 is 0 Å². The first-order valence-electron chi connectivity index (χ1n) is 22.3. The molecule has 0 radical (unpaired) electrons. The molecule has 4 saturated carbocycles. The van der Waals surface area contributed by atoms with Crippen LogP contribution in [0.1, 0.15) is 159 Å². The third-order valence-corrected chi connectivity index (χ3v) is 12.6. The van der Waals surface area contributed by atoms with E-state index in [0.717, 1.165) is 79.1 Å². The Morgan fingerprint density at radius 1 is 0.607 bits per heavy atom. The summed E-state index contributed by atoms with van der Waals surface area (Å²) in [6.45, 7) is 5.51. The molecule has 0 heterocycles. The number of hydrogen-bond acceptors (Lipinski definition) is 6. The van der Waals surface area contributed by atoms with Gasteiger partial charge in [0.15, 0.2) is 0 Å². The third-order valence-electron chi connectivity index (χ3n) is 12.6. The minimum atomic E-state index is -0.289. The van der Waals surface area contributed by atoms with E-state index in [0.29, 0.717) is 29.8 Å². The van der Waals surface area contributed by atoms with Crippen molar-refractivity contribution in [3.05, 3.63) is 78.4 Å². The molecule has 4 aliphatic carbocycles. The van der Waals surface area contributed by atoms with E-state index in [2.05, 4.69) is 31.2 Å². The summed E-state index contributed by atoms with van der Waals surface area (Å²) < 4.78 is 23.4. The number of esters is 2. The summed E-state index contributed by atoms with van der Waals surface area (Å²) >= 11 is 0. The molecule has 6 heteroatoms. The Morgan fingerprint density at radius 3 is 1.64 bits per heavy atom. The van der Waals surface area contributed by atoms with Gasteiger partial charge in [0.25, 0.3) is 0 Å². The molecule has 7 rings (SSSR count). The highest BCUT2D eigenvalue weighted by Crippen LogP contribution is 2.61. The van der Waals surface area contributed by atoms with E-state index in [1.165, 1.54) is 96.3 Å². The second-order valence-corrected chi connectivity index (χ2v) is 17.6. The van der Waals surface area contributed by atoms with Gasteiger partial charge in [0.2, 0.25) is 0 Å². The second kappa shape index (κ2) is 21.6. The van der Waals surface area contributed by atoms with Crippen LogP contribution in [0, 0.1) is 23.2 Å². The average molecular weight is 765 g/mol. The minimum absolute atomic E-state index is 0.0706. The lowest BCUT2D eigenvalue weighted by atomic mass is 9.49. The predicted octanol–water partition coefficient (Wildman–Crippen LogP) is 13.7. The van der Waals surface area contributed by atoms with Crippen LogP contribution in [0.25, 0.3) is 11.1 Å². The van der Waals surface area contributed by atoms with Gasteiger partial charge in [0.05, 0.1) is 31.3 Å². The normalized spacial score (nSPS) is 21.4. The van der Waals surface area contributed by atoms with Gasteiger partial charge >= 0.3 is 11.9 Å². The van der Waals surface area contributed by atoms with Gasteiger partial charge in [-0.25, -0.2) is 4.79 Å². The average Bonchev–Trinajstić information content (AvgIpc) is 3.18. The number of carbonyl (C=O) groups is 2. The maximum Gasteiger partial charge on any atom is 0.338 e. The predicted molar refractivity (Wildman–Crippen MR) is 225 cm³/mol. The van der Waals surface area contributed by atoms with E-state index in [4.69, 9.17) is 18.9 Å². The first kappa shape index (κ1) is 41.8. The van der Waals surface area contributed by atoms with Crippen molar-refractivity contribution >= 4 is 11.9 Å². The zero-order valence-electron chi connectivity index (χ0n) is 34.5. The van der Waals surface area contributed by atoms with Crippen molar-refractivity contribution in [1.82, 2.24) is 0 Å². The number of ether oxygens (including phenoxy) is 4. The Bertz CT molecular complexity index is 1580. The van der Waals surface area contributed by atoms with Crippen LogP contribution >= 0.6 is 0 Å². The van der Waals surface area contributed by atoms with Crippen molar-refractivity contribution in [1.29, 1.82) is 0 Å². The molecular formula is C50H68O6. The van der Waals surface area contributed by atoms with Crippen molar-refractivity contribution in [2.45, 2.75) is 155 Å². The molecule has 56 heavy (non-hydrogen) atoms. The zero-order chi connectivity index (χ0) is 39.0. The molecule has 0 saturated heterocycles. The SMILES string of the molecule is CCCCCC[C@@H](C)OC(=O)c1ccc(Oc2ccc(-c3ccc(OCCCCCCCCCCCOC(=O)CC45CC6CC(CC(C6)C4)C5)cc3)cc2)cc1. The highest BCUT2D eigenvalue weighted by molar-refractivity contribution is 5.89. The third kappa shape index (κ3) is 13.1. The minimum Gasteiger partial charge on any atom is -0.494 e. The number of hydrogen-bond donors (Lipinski definition) is 0. The molecule has 0 spiro atoms. The molecule has 0 N–H and O–H groups in total. The molecule has 1 atom stereocenters. The van der Waals surface area contributed by atoms with Crippen LogP contribution in [0.4, 0.5) is 0 Å². The van der Waals surface area contributed by atoms with E-state index in [1.54, 1.807) is 12.1 Å². The van der Waals surface area contributed by atoms with Gasteiger partial charge in [0.1, 0.15) is 17.2 Å². The molecule has 3 aromatic carbocycles. The Kier molecular flexibility index (Phi) is 16.2. The Hall–Kier alpha value is -3.80. The lowest BCUT2D eigenvalue weighted by Gasteiger charge is -2.56. The van der Waals surface area contributed by atoms with Crippen LogP contribution in [0.15, 0.2) is 72.8 Å². The number of rotatable bonds is 25. The summed E-state index contributed by atoms with van der Waals surface area (Å²) in [6.07, 6.45) is 25.1. The molecule has 4 aliphatic rings. The summed E-state index contributed by atoms with van der Waals surface area (Å²) in [5.74, 6) is 4.77. The summed E-state index contributed by atoms with van der Waals surface area (Å²) in [4.78, 5) is 25.2. The van der Waals surface area contributed by atoms with Gasteiger partial charge in [-0.15, -0.1) is 0 Å². The van der Waals surface area contributed by atoms with E-state index >= 15 is 0 Å². The molecule has 0 aliphatic heterocycles. The highest BCUT2D eigenvalue weighted by atomic mass is 16.5. The van der Waals surface area contributed by atoms with Crippen molar-refractivity contribution < 1.29 is 28.5 Å². The van der Waals surface area contributed by atoms with Crippen molar-refractivity contribution in [3.8, 4) is 28.4 Å². The van der Waals surface area contributed by atoms with E-state index in [9.17, 15) is 9.59 Å². The quantitative estimate of drug-likeness (QED) is 0.0632. The second-order valence-electron chi connectivity index (χ2n) is 17.6. The lowest BCUT2D eigenvalue weighted by molar-refractivity contribution is -0.152. The van der Waals surface area contributed by atoms with E-state index in [1.807, 2.05) is 43.3 Å². The number of carbonyl (C=O) groups excluding carboxylic acids is 2. The summed E-state index contributed by atoms with van der Waals surface area (Å²) in [5, 5.41) is 0. The fourth-order valence-electron chi connectivity index (χ4n) is 10.1. The molecule has 0 aromatic heterocycles. The summed E-state index contributed by atoms with van der Waals surface area (Å²) in [6, 6.07) is 23.5. The topological polar surface area (TPSA) is 71.1 Å². The number of unbranched alkanes of at least 4 members (excludes halogenated alkanes) is 11. The van der Waals surface area contributed by atoms with Gasteiger partial charge in [-0.1, -0.05) is 95.4 Å². The first-order chi connectivity index (χ1) is 27.4. The van der Waals surface area contributed by atoms with Crippen LogP contribution in [0.5, 0.6) is 17.2 Å². The lowest BCUT2D eigenvalue weighted by Crippen LogP contribution is -2.47. The van der Waals surface area contributed by atoms with Crippen LogP contribution in [0.3, 0.4) is 0 Å². The number of benzene rings is 3. The highest BCUT2D eigenvalue weighted by Gasteiger charge is 2.51. The summed E-state index contributed by atoms with van der Waals surface area (Å²) in [7, 11) is 0. The molecule has 304 valence electrons. The maximum absolute atomic E-state index is 12.6. The van der Waals surface area contributed by atoms with Crippen molar-refractivity contribution in [2.75, 3.05) is 13.2 Å². The van der Waals surface area contributed by atoms with Crippen LogP contribution in [-0.4, -0.2) is 31.3 Å². The fraction of sp³-hybridized carbons (Fsp3) is 0.600. The van der Waals surface area contributed by atoms with Crippen LogP contribution in [-0.2, 0) is 14.3 Å². The first-order valence-corrected chi connectivity index (χ1v) is 22.3. The smallest absolute Gasteiger partial charge is 0.338 e. The Balaban J connectivity index is 0.765. The van der Waals surface area contributed by atoms with Crippen LogP contribution in [0.2, 0.25) is 0 Å². The van der Waals surface area contributed by atoms with Crippen molar-refractivity contribution in [2.24, 2.45) is 23.2 Å². The van der Waals surface area contributed by atoms with Gasteiger partial charge in [-0.05, 0) is 154 Å². The van der Waals surface area contributed by atoms with Gasteiger partial charge in [0, 0.05) is 0 Å². The van der Waals surface area contributed by atoms with Gasteiger partial charge in [-0.2, -0.15) is 0 Å². The van der Waals surface area contributed by atoms with Gasteiger partial charge in [-0.3, -0.25) is 4.79 Å². The molecule has 0 unspecified atom stereocenters. The summed E-state index contributed by atoms with van der Waals surface area (Å²) in [5.41, 5.74) is 3.06. The molecule has 0 amide bonds. The molecule has 6 nitrogen and oxygen atoms in total. The molecule has 3 aromatic rings. The zero-order valence-corrected chi connectivity index (χ0v) is 34.5. The monoisotopic (exact) mass is 765 g/mol. The standard InChI is InChI=1S/C50H68O6/c1-3-4-5-13-16-38(2)55-49(52)44-21-27-47(28-22-44)56-46-25-19-43(20-26-46)42-17-23-45(24-18-42)53-29-14-11-9-7-6-8-10-12-15-30-54-48(51)37-50-34-39-31-40(35-50)33-41(32-39)36-50/h17-28,38-41H,3-16,29-37H2,1-2H3/t38-,39?,40?,41?,50?/m1/s1.